The first-order valence-corrected chi connectivity index (χ1v) is 7.46. The number of hydrogen-bond acceptors (Lipinski definition) is 1. The highest BCUT2D eigenvalue weighted by molar-refractivity contribution is 9.10. The van der Waals surface area contributed by atoms with Gasteiger partial charge in [-0.1, -0.05) is 29.8 Å². The molecule has 22 heavy (non-hydrogen) atoms. The van der Waals surface area contributed by atoms with Crippen LogP contribution in [0.1, 0.15) is 11.3 Å². The molecule has 0 saturated carbocycles. The first-order chi connectivity index (χ1) is 10.3. The molecule has 3 aromatic rings. The average molecular weight is 390 g/mol. The third kappa shape index (κ3) is 2.40. The Kier molecular flexibility index (Phi) is 3.69. The minimum Gasteiger partial charge on any atom is -0.296 e. The topological polar surface area (TPSA) is 17.8 Å². The highest BCUT2D eigenvalue weighted by atomic mass is 79.9. The number of hydrogen-bond donors (Lipinski definition) is 0. The lowest BCUT2D eigenvalue weighted by molar-refractivity contribution is -0.137. The molecule has 0 atom stereocenters. The van der Waals surface area contributed by atoms with Crippen molar-refractivity contribution in [3.63, 3.8) is 0 Å². The Morgan fingerprint density at radius 1 is 1.23 bits per heavy atom. The number of benzene rings is 1. The molecule has 0 amide bonds. The predicted molar refractivity (Wildman–Crippen MR) is 83.5 cm³/mol. The number of fused-ring (bicyclic) bond motifs is 1. The molecule has 0 aliphatic heterocycles. The van der Waals surface area contributed by atoms with Crippen LogP contribution in [-0.2, 0) is 6.18 Å². The Balaban J connectivity index is 2.27. The first kappa shape index (κ1) is 15.4. The predicted octanol–water partition coefficient (Wildman–Crippen LogP) is 5.77. The summed E-state index contributed by atoms with van der Waals surface area (Å²) in [5.74, 6) is 0.272. The molecule has 0 unspecified atom stereocenters. The van der Waals surface area contributed by atoms with Crippen molar-refractivity contribution in [1.82, 2.24) is 9.55 Å². The normalized spacial score (nSPS) is 12.1. The summed E-state index contributed by atoms with van der Waals surface area (Å²) in [4.78, 5) is 3.93. The molecule has 0 bridgehead atoms. The first-order valence-electron chi connectivity index (χ1n) is 6.29. The lowest BCUT2D eigenvalue weighted by atomic mass is 10.2. The van der Waals surface area contributed by atoms with E-state index in [1.165, 1.54) is 0 Å². The zero-order chi connectivity index (χ0) is 16.1. The van der Waals surface area contributed by atoms with Gasteiger partial charge in [0.1, 0.15) is 0 Å². The fourth-order valence-electron chi connectivity index (χ4n) is 2.35. The third-order valence-electron chi connectivity index (χ3n) is 3.40. The molecular weight excluding hydrogens is 381 g/mol. The number of nitrogens with zero attached hydrogens (tertiary/aromatic N) is 2. The van der Waals surface area contributed by atoms with Crippen LogP contribution in [0.5, 0.6) is 0 Å². The third-order valence-corrected chi connectivity index (χ3v) is 4.67. The second-order valence-corrected chi connectivity index (χ2v) is 5.98. The highest BCUT2D eigenvalue weighted by Gasteiger charge is 2.32. The van der Waals surface area contributed by atoms with Gasteiger partial charge in [0.2, 0.25) is 0 Å². The van der Waals surface area contributed by atoms with Crippen LogP contribution in [0.3, 0.4) is 0 Å². The van der Waals surface area contributed by atoms with Gasteiger partial charge in [-0.2, -0.15) is 13.2 Å². The van der Waals surface area contributed by atoms with Gasteiger partial charge in [-0.25, -0.2) is 4.98 Å². The molecule has 3 rings (SSSR count). The number of aromatic nitrogens is 2. The van der Waals surface area contributed by atoms with Crippen molar-refractivity contribution in [3.8, 4) is 5.82 Å². The van der Waals surface area contributed by atoms with Crippen molar-refractivity contribution in [3.05, 3.63) is 57.3 Å². The lowest BCUT2D eigenvalue weighted by Crippen LogP contribution is -2.08. The molecular formula is C15H9BrClF3N2. The molecule has 0 radical (unpaired) electrons. The molecule has 0 N–H and O–H groups in total. The van der Waals surface area contributed by atoms with Crippen molar-refractivity contribution in [2.24, 2.45) is 0 Å². The molecule has 0 saturated heterocycles. The van der Waals surface area contributed by atoms with Crippen LogP contribution >= 0.6 is 27.5 Å². The van der Waals surface area contributed by atoms with E-state index in [2.05, 4.69) is 20.9 Å². The van der Waals surface area contributed by atoms with Gasteiger partial charge in [0.05, 0.1) is 16.1 Å². The van der Waals surface area contributed by atoms with Crippen LogP contribution in [0, 0.1) is 6.92 Å². The summed E-state index contributed by atoms with van der Waals surface area (Å²) in [7, 11) is 0. The van der Waals surface area contributed by atoms with Gasteiger partial charge in [-0.05, 0) is 35.0 Å². The molecule has 2 aromatic heterocycles. The number of rotatable bonds is 1. The maximum Gasteiger partial charge on any atom is 0.417 e. The number of alkyl halides is 3. The van der Waals surface area contributed by atoms with Gasteiger partial charge >= 0.3 is 6.18 Å². The van der Waals surface area contributed by atoms with Crippen molar-refractivity contribution >= 4 is 38.4 Å². The average Bonchev–Trinajstić information content (AvgIpc) is 2.71. The molecule has 0 spiro atoms. The molecule has 0 aliphatic rings. The van der Waals surface area contributed by atoms with E-state index in [1.807, 2.05) is 31.2 Å². The van der Waals surface area contributed by atoms with Crippen molar-refractivity contribution in [1.29, 1.82) is 0 Å². The molecule has 0 aliphatic carbocycles. The Hall–Kier alpha value is -1.53. The smallest absolute Gasteiger partial charge is 0.296 e. The van der Waals surface area contributed by atoms with Gasteiger partial charge < -0.3 is 0 Å². The van der Waals surface area contributed by atoms with E-state index in [0.29, 0.717) is 0 Å². The van der Waals surface area contributed by atoms with E-state index in [1.54, 1.807) is 4.57 Å². The summed E-state index contributed by atoms with van der Waals surface area (Å²) in [6, 6.07) is 8.41. The van der Waals surface area contributed by atoms with Crippen LogP contribution in [0.15, 0.2) is 41.0 Å². The summed E-state index contributed by atoms with van der Waals surface area (Å²) >= 11 is 9.55. The molecule has 0 fully saturated rings. The summed E-state index contributed by atoms with van der Waals surface area (Å²) in [5.41, 5.74) is 0.769. The molecule has 7 heteroatoms. The maximum atomic E-state index is 12.7. The van der Waals surface area contributed by atoms with Crippen LogP contribution in [0.2, 0.25) is 5.02 Å². The highest BCUT2D eigenvalue weighted by Crippen LogP contribution is 2.36. The fraction of sp³-hybridized carbons (Fsp3) is 0.133. The zero-order valence-corrected chi connectivity index (χ0v) is 13.6. The fourth-order valence-corrected chi connectivity index (χ4v) is 3.11. The second kappa shape index (κ2) is 5.28. The van der Waals surface area contributed by atoms with Crippen LogP contribution in [-0.4, -0.2) is 9.55 Å². The molecule has 2 nitrogen and oxygen atoms in total. The summed E-state index contributed by atoms with van der Waals surface area (Å²) < 4.78 is 40.8. The molecule has 114 valence electrons. The van der Waals surface area contributed by atoms with Gasteiger partial charge in [0.15, 0.2) is 5.82 Å². The number of pyridine rings is 1. The van der Waals surface area contributed by atoms with Gasteiger partial charge in [0, 0.05) is 21.7 Å². The minimum atomic E-state index is -4.47. The summed E-state index contributed by atoms with van der Waals surface area (Å²) in [6.45, 7) is 1.85. The van der Waals surface area contributed by atoms with E-state index >= 15 is 0 Å². The standard InChI is InChI=1S/C15H9BrClF3N2/c1-8-13(16)10-4-2-3-5-12(10)22(8)14-11(17)6-9(7-21-14)15(18,19)20/h2-7H,1H3. The van der Waals surface area contributed by atoms with Crippen molar-refractivity contribution < 1.29 is 13.2 Å². The summed E-state index contributed by atoms with van der Waals surface area (Å²) in [6.07, 6.45) is -3.67. The largest absolute Gasteiger partial charge is 0.417 e. The van der Waals surface area contributed by atoms with Crippen LogP contribution in [0.4, 0.5) is 13.2 Å². The van der Waals surface area contributed by atoms with Gasteiger partial charge in [-0.3, -0.25) is 4.57 Å². The Morgan fingerprint density at radius 2 is 1.91 bits per heavy atom. The van der Waals surface area contributed by atoms with Crippen molar-refractivity contribution in [2.75, 3.05) is 0 Å². The Bertz CT molecular complexity index is 871. The van der Waals surface area contributed by atoms with Crippen molar-refractivity contribution in [2.45, 2.75) is 13.1 Å². The quantitative estimate of drug-likeness (QED) is 0.517. The van der Waals surface area contributed by atoms with Crippen LogP contribution in [0.25, 0.3) is 16.7 Å². The summed E-state index contributed by atoms with van der Waals surface area (Å²) in [5, 5.41) is 0.893. The second-order valence-electron chi connectivity index (χ2n) is 4.78. The van der Waals surface area contributed by atoms with E-state index in [4.69, 9.17) is 11.6 Å². The number of para-hydroxylation sites is 1. The SMILES string of the molecule is Cc1c(Br)c2ccccc2n1-c1ncc(C(F)(F)F)cc1Cl. The van der Waals surface area contributed by atoms with E-state index < -0.39 is 11.7 Å². The maximum absolute atomic E-state index is 12.7. The van der Waals surface area contributed by atoms with E-state index in [9.17, 15) is 13.2 Å². The minimum absolute atomic E-state index is 0.0498. The number of halogens is 5. The zero-order valence-electron chi connectivity index (χ0n) is 11.2. The molecule has 1 aromatic carbocycles. The lowest BCUT2D eigenvalue weighted by Gasteiger charge is -2.12. The van der Waals surface area contributed by atoms with E-state index in [-0.39, 0.29) is 10.8 Å². The Labute approximate surface area is 137 Å². The van der Waals surface area contributed by atoms with Crippen LogP contribution < -0.4 is 0 Å². The van der Waals surface area contributed by atoms with Gasteiger partial charge in [0.25, 0.3) is 0 Å². The van der Waals surface area contributed by atoms with E-state index in [0.717, 1.165) is 33.3 Å². The van der Waals surface area contributed by atoms with Gasteiger partial charge in [-0.15, -0.1) is 0 Å². The molecule has 2 heterocycles. The monoisotopic (exact) mass is 388 g/mol. The Morgan fingerprint density at radius 3 is 2.55 bits per heavy atom.